The Kier molecular flexibility index (Phi) is 6.69. The van der Waals surface area contributed by atoms with Crippen molar-refractivity contribution in [3.63, 3.8) is 0 Å². The van der Waals surface area contributed by atoms with E-state index in [4.69, 9.17) is 9.47 Å². The molecule has 0 saturated heterocycles. The summed E-state index contributed by atoms with van der Waals surface area (Å²) in [4.78, 5) is 12.2. The maximum atomic E-state index is 14.4. The highest BCUT2D eigenvalue weighted by Crippen LogP contribution is 2.27. The molecule has 0 aliphatic heterocycles. The van der Waals surface area contributed by atoms with Crippen molar-refractivity contribution in [3.05, 3.63) is 34.0 Å². The van der Waals surface area contributed by atoms with Crippen molar-refractivity contribution < 1.29 is 13.9 Å². The molecule has 0 bridgehead atoms. The van der Waals surface area contributed by atoms with Crippen molar-refractivity contribution in [2.75, 3.05) is 13.7 Å². The highest BCUT2D eigenvalue weighted by Gasteiger charge is 2.17. The van der Waals surface area contributed by atoms with Gasteiger partial charge in [0.25, 0.3) is 0 Å². The van der Waals surface area contributed by atoms with Crippen LogP contribution < -0.4 is 10.4 Å². The number of methoxy groups -OCH3 is 1. The van der Waals surface area contributed by atoms with Crippen LogP contribution in [-0.2, 0) is 18.2 Å². The fourth-order valence-corrected chi connectivity index (χ4v) is 2.36. The van der Waals surface area contributed by atoms with Gasteiger partial charge < -0.3 is 9.47 Å². The van der Waals surface area contributed by atoms with Crippen LogP contribution in [0.25, 0.3) is 5.69 Å². The first-order chi connectivity index (χ1) is 12.0. The molecular weight excluding hydrogens is 327 g/mol. The van der Waals surface area contributed by atoms with Crippen LogP contribution >= 0.6 is 0 Å². The van der Waals surface area contributed by atoms with Crippen LogP contribution in [0.2, 0.25) is 0 Å². The second kappa shape index (κ2) is 8.75. The molecule has 7 nitrogen and oxygen atoms in total. The summed E-state index contributed by atoms with van der Waals surface area (Å²) in [6.07, 6.45) is 3.37. The van der Waals surface area contributed by atoms with E-state index in [-0.39, 0.29) is 24.3 Å². The SMILES string of the molecule is CCCCCc1cc(-n2nnn(C)c2=O)c(OC[C@H](C)OC)cc1F. The Bertz CT molecular complexity index is 757. The number of hydrogen-bond acceptors (Lipinski definition) is 5. The number of tetrazole rings is 1. The molecular formula is C17H25FN4O3. The Labute approximate surface area is 146 Å². The van der Waals surface area contributed by atoms with Gasteiger partial charge in [-0.1, -0.05) is 19.8 Å². The lowest BCUT2D eigenvalue weighted by Crippen LogP contribution is -2.23. The summed E-state index contributed by atoms with van der Waals surface area (Å²) < 4.78 is 27.5. The third kappa shape index (κ3) is 4.66. The van der Waals surface area contributed by atoms with Crippen LogP contribution in [-0.4, -0.2) is 39.6 Å². The van der Waals surface area contributed by atoms with Gasteiger partial charge in [0.2, 0.25) is 0 Å². The van der Waals surface area contributed by atoms with Gasteiger partial charge in [0, 0.05) is 20.2 Å². The summed E-state index contributed by atoms with van der Waals surface area (Å²) in [7, 11) is 3.07. The van der Waals surface area contributed by atoms with Gasteiger partial charge in [-0.3, -0.25) is 0 Å². The van der Waals surface area contributed by atoms with Crippen molar-refractivity contribution in [1.82, 2.24) is 19.8 Å². The first-order valence-electron chi connectivity index (χ1n) is 8.45. The van der Waals surface area contributed by atoms with E-state index in [1.165, 1.54) is 13.1 Å². The second-order valence-corrected chi connectivity index (χ2v) is 6.02. The zero-order valence-electron chi connectivity index (χ0n) is 15.2. The summed E-state index contributed by atoms with van der Waals surface area (Å²) in [5.74, 6) is -0.111. The molecule has 1 atom stereocenters. The molecule has 0 spiro atoms. The second-order valence-electron chi connectivity index (χ2n) is 6.02. The predicted octanol–water partition coefficient (Wildman–Crippen LogP) is 2.25. The maximum absolute atomic E-state index is 14.4. The topological polar surface area (TPSA) is 71.2 Å². The third-order valence-corrected chi connectivity index (χ3v) is 4.00. The van der Waals surface area contributed by atoms with E-state index < -0.39 is 5.69 Å². The van der Waals surface area contributed by atoms with Gasteiger partial charge in [-0.15, -0.1) is 0 Å². The zero-order valence-corrected chi connectivity index (χ0v) is 15.2. The minimum absolute atomic E-state index is 0.168. The number of aromatic nitrogens is 4. The molecule has 0 N–H and O–H groups in total. The molecule has 1 heterocycles. The van der Waals surface area contributed by atoms with E-state index in [1.807, 2.05) is 6.92 Å². The normalized spacial score (nSPS) is 12.4. The van der Waals surface area contributed by atoms with E-state index >= 15 is 0 Å². The van der Waals surface area contributed by atoms with Gasteiger partial charge in [0.05, 0.1) is 6.10 Å². The Morgan fingerprint density at radius 3 is 2.64 bits per heavy atom. The summed E-state index contributed by atoms with van der Waals surface area (Å²) >= 11 is 0. The van der Waals surface area contributed by atoms with Crippen LogP contribution in [0.4, 0.5) is 4.39 Å². The number of ether oxygens (including phenoxy) is 2. The highest BCUT2D eigenvalue weighted by molar-refractivity contribution is 5.49. The summed E-state index contributed by atoms with van der Waals surface area (Å²) in [6.45, 7) is 4.16. The fraction of sp³-hybridized carbons (Fsp3) is 0.588. The molecule has 2 rings (SSSR count). The lowest BCUT2D eigenvalue weighted by molar-refractivity contribution is 0.0714. The molecule has 0 unspecified atom stereocenters. The molecule has 0 amide bonds. The molecule has 0 aliphatic carbocycles. The molecule has 8 heteroatoms. The molecule has 0 fully saturated rings. The summed E-state index contributed by atoms with van der Waals surface area (Å²) in [5, 5.41) is 7.56. The van der Waals surface area contributed by atoms with E-state index in [0.29, 0.717) is 17.7 Å². The molecule has 25 heavy (non-hydrogen) atoms. The molecule has 0 saturated carbocycles. The van der Waals surface area contributed by atoms with Crippen molar-refractivity contribution in [2.45, 2.75) is 45.6 Å². The van der Waals surface area contributed by atoms with Crippen molar-refractivity contribution in [1.29, 1.82) is 0 Å². The van der Waals surface area contributed by atoms with Crippen LogP contribution in [0.1, 0.15) is 38.7 Å². The average molecular weight is 352 g/mol. The summed E-state index contributed by atoms with van der Waals surface area (Å²) in [6, 6.07) is 2.92. The quantitative estimate of drug-likeness (QED) is 0.647. The van der Waals surface area contributed by atoms with Gasteiger partial charge in [-0.05, 0) is 41.8 Å². The minimum atomic E-state index is -0.421. The number of halogens is 1. The van der Waals surface area contributed by atoms with Gasteiger partial charge in [-0.2, -0.15) is 9.36 Å². The number of rotatable bonds is 9. The van der Waals surface area contributed by atoms with Crippen molar-refractivity contribution in [3.8, 4) is 11.4 Å². The van der Waals surface area contributed by atoms with E-state index in [9.17, 15) is 9.18 Å². The fourth-order valence-electron chi connectivity index (χ4n) is 2.36. The Hall–Kier alpha value is -2.22. The zero-order chi connectivity index (χ0) is 18.4. The van der Waals surface area contributed by atoms with E-state index in [2.05, 4.69) is 17.4 Å². The lowest BCUT2D eigenvalue weighted by atomic mass is 10.1. The average Bonchev–Trinajstić information content (AvgIpc) is 2.93. The first kappa shape index (κ1) is 19.1. The minimum Gasteiger partial charge on any atom is -0.489 e. The highest BCUT2D eigenvalue weighted by atomic mass is 19.1. The monoisotopic (exact) mass is 352 g/mol. The third-order valence-electron chi connectivity index (χ3n) is 4.00. The molecule has 2 aromatic rings. The number of aryl methyl sites for hydroxylation is 2. The van der Waals surface area contributed by atoms with Gasteiger partial charge in [0.15, 0.2) is 0 Å². The van der Waals surface area contributed by atoms with E-state index in [1.54, 1.807) is 13.2 Å². The van der Waals surface area contributed by atoms with Crippen LogP contribution in [0.5, 0.6) is 5.75 Å². The van der Waals surface area contributed by atoms with Crippen molar-refractivity contribution in [2.24, 2.45) is 7.05 Å². The van der Waals surface area contributed by atoms with Gasteiger partial charge >= 0.3 is 5.69 Å². The predicted molar refractivity (Wildman–Crippen MR) is 91.8 cm³/mol. The van der Waals surface area contributed by atoms with Crippen LogP contribution in [0, 0.1) is 5.82 Å². The van der Waals surface area contributed by atoms with Gasteiger partial charge in [0.1, 0.15) is 23.9 Å². The van der Waals surface area contributed by atoms with E-state index in [0.717, 1.165) is 28.6 Å². The first-order valence-corrected chi connectivity index (χ1v) is 8.45. The Balaban J connectivity index is 2.41. The molecule has 1 aromatic heterocycles. The number of unbranched alkanes of at least 4 members (excludes halogenated alkanes) is 2. The van der Waals surface area contributed by atoms with Gasteiger partial charge in [-0.25, -0.2) is 9.18 Å². The largest absolute Gasteiger partial charge is 0.489 e. The Morgan fingerprint density at radius 2 is 2.04 bits per heavy atom. The maximum Gasteiger partial charge on any atom is 0.368 e. The number of nitrogens with zero attached hydrogens (tertiary/aromatic N) is 4. The lowest BCUT2D eigenvalue weighted by Gasteiger charge is -2.15. The smallest absolute Gasteiger partial charge is 0.368 e. The standard InChI is InChI=1S/C17H25FN4O3/c1-5-6-7-8-13-9-15(22-17(23)21(3)19-20-22)16(10-14(13)18)25-11-12(2)24-4/h9-10,12H,5-8,11H2,1-4H3/t12-/m0/s1. The number of benzene rings is 1. The Morgan fingerprint density at radius 1 is 1.28 bits per heavy atom. The molecule has 0 radical (unpaired) electrons. The summed E-state index contributed by atoms with van der Waals surface area (Å²) in [5.41, 5.74) is 0.498. The van der Waals surface area contributed by atoms with Crippen LogP contribution in [0.3, 0.4) is 0 Å². The van der Waals surface area contributed by atoms with Crippen LogP contribution in [0.15, 0.2) is 16.9 Å². The molecule has 138 valence electrons. The van der Waals surface area contributed by atoms with Crippen molar-refractivity contribution >= 4 is 0 Å². The molecule has 0 aliphatic rings. The number of hydrogen-bond donors (Lipinski definition) is 0. The molecule has 1 aromatic carbocycles.